The molecule has 0 aromatic heterocycles. The summed E-state index contributed by atoms with van der Waals surface area (Å²) in [7, 11) is 2.05. The van der Waals surface area contributed by atoms with Gasteiger partial charge in [-0.3, -0.25) is 0 Å². The van der Waals surface area contributed by atoms with Crippen LogP contribution in [0, 0.1) is 19.3 Å². The molecule has 1 aromatic carbocycles. The molecule has 1 saturated carbocycles. The molecule has 1 aromatic rings. The second-order valence-electron chi connectivity index (χ2n) is 6.63. The van der Waals surface area contributed by atoms with Crippen LogP contribution in [0.5, 0.6) is 5.75 Å². The maximum Gasteiger partial charge on any atom is 0.120 e. The predicted octanol–water partition coefficient (Wildman–Crippen LogP) is 3.85. The van der Waals surface area contributed by atoms with Crippen molar-refractivity contribution in [3.05, 3.63) is 29.3 Å². The third-order valence-corrected chi connectivity index (χ3v) is 4.32. The van der Waals surface area contributed by atoms with E-state index in [-0.39, 0.29) is 6.10 Å². The molecule has 0 radical (unpaired) electrons. The minimum atomic E-state index is 0.273. The van der Waals surface area contributed by atoms with Gasteiger partial charge in [0, 0.05) is 6.04 Å². The zero-order chi connectivity index (χ0) is 14.0. The van der Waals surface area contributed by atoms with Gasteiger partial charge in [0.25, 0.3) is 0 Å². The van der Waals surface area contributed by atoms with Crippen molar-refractivity contribution in [1.29, 1.82) is 0 Å². The Morgan fingerprint density at radius 3 is 2.37 bits per heavy atom. The van der Waals surface area contributed by atoms with Gasteiger partial charge in [0.15, 0.2) is 0 Å². The largest absolute Gasteiger partial charge is 0.489 e. The van der Waals surface area contributed by atoms with Crippen LogP contribution in [-0.2, 0) is 0 Å². The molecule has 1 fully saturated rings. The van der Waals surface area contributed by atoms with Crippen molar-refractivity contribution in [3.8, 4) is 5.75 Å². The Morgan fingerprint density at radius 2 is 1.79 bits per heavy atom. The Hall–Kier alpha value is -1.02. The fourth-order valence-electron chi connectivity index (χ4n) is 3.46. The molecule has 106 valence electrons. The van der Waals surface area contributed by atoms with Crippen LogP contribution in [0.4, 0.5) is 0 Å². The molecule has 2 nitrogen and oxygen atoms in total. The second kappa shape index (κ2) is 5.54. The topological polar surface area (TPSA) is 21.3 Å². The number of likely N-dealkylation sites (N-methyl/N-ethyl adjacent to an activating group) is 1. The van der Waals surface area contributed by atoms with E-state index in [2.05, 4.69) is 58.3 Å². The number of hydrogen-bond acceptors (Lipinski definition) is 2. The van der Waals surface area contributed by atoms with Crippen LogP contribution in [-0.4, -0.2) is 19.2 Å². The van der Waals surface area contributed by atoms with Crippen molar-refractivity contribution >= 4 is 0 Å². The van der Waals surface area contributed by atoms with E-state index in [9.17, 15) is 0 Å². The molecular weight excluding hydrogens is 234 g/mol. The summed E-state index contributed by atoms with van der Waals surface area (Å²) in [4.78, 5) is 0. The Labute approximate surface area is 117 Å². The molecule has 2 heteroatoms. The first-order valence-electron chi connectivity index (χ1n) is 7.34. The summed E-state index contributed by atoms with van der Waals surface area (Å²) in [5, 5.41) is 3.47. The van der Waals surface area contributed by atoms with E-state index in [1.165, 1.54) is 24.0 Å². The predicted molar refractivity (Wildman–Crippen MR) is 80.8 cm³/mol. The van der Waals surface area contributed by atoms with Crippen LogP contribution < -0.4 is 10.1 Å². The minimum absolute atomic E-state index is 0.273. The highest BCUT2D eigenvalue weighted by Gasteiger charge is 2.39. The Kier molecular flexibility index (Phi) is 4.19. The molecule has 0 spiro atoms. The molecule has 0 aliphatic heterocycles. The molecule has 1 N–H and O–H groups in total. The summed E-state index contributed by atoms with van der Waals surface area (Å²) < 4.78 is 6.29. The third-order valence-electron chi connectivity index (χ3n) is 4.32. The van der Waals surface area contributed by atoms with Crippen LogP contribution in [0.15, 0.2) is 18.2 Å². The van der Waals surface area contributed by atoms with E-state index < -0.39 is 0 Å². The van der Waals surface area contributed by atoms with E-state index in [4.69, 9.17) is 4.74 Å². The SMILES string of the molecule is CNC1C(Oc2cc(C)cc(C)c2)CCCC1(C)C. The van der Waals surface area contributed by atoms with E-state index in [1.807, 2.05) is 0 Å². The van der Waals surface area contributed by atoms with E-state index in [0.29, 0.717) is 11.5 Å². The van der Waals surface area contributed by atoms with Crippen molar-refractivity contribution in [2.24, 2.45) is 5.41 Å². The van der Waals surface area contributed by atoms with Gasteiger partial charge in [0.2, 0.25) is 0 Å². The molecule has 2 unspecified atom stereocenters. The lowest BCUT2D eigenvalue weighted by molar-refractivity contribution is 0.0403. The molecule has 1 aliphatic rings. The van der Waals surface area contributed by atoms with E-state index in [0.717, 1.165) is 12.2 Å². The zero-order valence-electron chi connectivity index (χ0n) is 12.9. The average Bonchev–Trinajstić information content (AvgIpc) is 2.26. The first kappa shape index (κ1) is 14.4. The smallest absolute Gasteiger partial charge is 0.120 e. The highest BCUT2D eigenvalue weighted by molar-refractivity contribution is 5.33. The number of rotatable bonds is 3. The molecule has 0 saturated heterocycles. The second-order valence-corrected chi connectivity index (χ2v) is 6.63. The van der Waals surface area contributed by atoms with Crippen molar-refractivity contribution in [2.45, 2.75) is 59.1 Å². The standard InChI is InChI=1S/C17H27NO/c1-12-9-13(2)11-14(10-12)19-15-7-6-8-17(3,4)16(15)18-5/h9-11,15-16,18H,6-8H2,1-5H3. The fraction of sp³-hybridized carbons (Fsp3) is 0.647. The molecule has 0 heterocycles. The molecule has 2 rings (SSSR count). The number of hydrogen-bond donors (Lipinski definition) is 1. The van der Waals surface area contributed by atoms with Gasteiger partial charge in [0.1, 0.15) is 11.9 Å². The maximum atomic E-state index is 6.29. The molecule has 2 atom stereocenters. The van der Waals surface area contributed by atoms with Gasteiger partial charge in [0.05, 0.1) is 0 Å². The van der Waals surface area contributed by atoms with E-state index in [1.54, 1.807) is 0 Å². The number of ether oxygens (including phenoxy) is 1. The van der Waals surface area contributed by atoms with Crippen LogP contribution in [0.3, 0.4) is 0 Å². The number of benzene rings is 1. The van der Waals surface area contributed by atoms with Gasteiger partial charge >= 0.3 is 0 Å². The maximum absolute atomic E-state index is 6.29. The Bertz CT molecular complexity index is 419. The normalized spacial score (nSPS) is 26.2. The van der Waals surface area contributed by atoms with Gasteiger partial charge in [-0.2, -0.15) is 0 Å². The van der Waals surface area contributed by atoms with Gasteiger partial charge in [-0.25, -0.2) is 0 Å². The summed E-state index contributed by atoms with van der Waals surface area (Å²) in [6, 6.07) is 6.89. The van der Waals surface area contributed by atoms with Gasteiger partial charge < -0.3 is 10.1 Å². The first-order chi connectivity index (χ1) is 8.92. The van der Waals surface area contributed by atoms with Crippen LogP contribution in [0.1, 0.15) is 44.2 Å². The summed E-state index contributed by atoms with van der Waals surface area (Å²) in [6.45, 7) is 8.93. The van der Waals surface area contributed by atoms with Crippen molar-refractivity contribution in [2.75, 3.05) is 7.05 Å². The minimum Gasteiger partial charge on any atom is -0.489 e. The molecular formula is C17H27NO. The first-order valence-corrected chi connectivity index (χ1v) is 7.34. The Morgan fingerprint density at radius 1 is 1.16 bits per heavy atom. The van der Waals surface area contributed by atoms with Gasteiger partial charge in [-0.15, -0.1) is 0 Å². The van der Waals surface area contributed by atoms with E-state index >= 15 is 0 Å². The van der Waals surface area contributed by atoms with Crippen LogP contribution in [0.25, 0.3) is 0 Å². The summed E-state index contributed by atoms with van der Waals surface area (Å²) in [5.74, 6) is 1.01. The monoisotopic (exact) mass is 261 g/mol. The molecule has 19 heavy (non-hydrogen) atoms. The van der Waals surface area contributed by atoms with Crippen LogP contribution in [0.2, 0.25) is 0 Å². The lowest BCUT2D eigenvalue weighted by Crippen LogP contribution is -2.53. The lowest BCUT2D eigenvalue weighted by Gasteiger charge is -2.43. The summed E-state index contributed by atoms with van der Waals surface area (Å²) in [6.07, 6.45) is 3.93. The van der Waals surface area contributed by atoms with Gasteiger partial charge in [-0.05, 0) is 68.8 Å². The lowest BCUT2D eigenvalue weighted by atomic mass is 9.72. The number of aryl methyl sites for hydroxylation is 2. The highest BCUT2D eigenvalue weighted by Crippen LogP contribution is 2.37. The van der Waals surface area contributed by atoms with Crippen molar-refractivity contribution in [3.63, 3.8) is 0 Å². The quantitative estimate of drug-likeness (QED) is 0.892. The van der Waals surface area contributed by atoms with Crippen molar-refractivity contribution < 1.29 is 4.74 Å². The Balaban J connectivity index is 2.16. The highest BCUT2D eigenvalue weighted by atomic mass is 16.5. The average molecular weight is 261 g/mol. The fourth-order valence-corrected chi connectivity index (χ4v) is 3.46. The molecule has 0 amide bonds. The molecule has 1 aliphatic carbocycles. The van der Waals surface area contributed by atoms with Gasteiger partial charge in [-0.1, -0.05) is 19.9 Å². The summed E-state index contributed by atoms with van der Waals surface area (Å²) >= 11 is 0. The number of nitrogens with one attached hydrogen (secondary N) is 1. The third kappa shape index (κ3) is 3.30. The van der Waals surface area contributed by atoms with Crippen molar-refractivity contribution in [1.82, 2.24) is 5.32 Å². The zero-order valence-corrected chi connectivity index (χ0v) is 12.9. The summed E-state index contributed by atoms with van der Waals surface area (Å²) in [5.41, 5.74) is 2.84. The molecule has 0 bridgehead atoms. The van der Waals surface area contributed by atoms with Crippen LogP contribution >= 0.6 is 0 Å².